The van der Waals surface area contributed by atoms with E-state index < -0.39 is 35.4 Å². The fraction of sp³-hybridized carbons (Fsp3) is 0.158. The van der Waals surface area contributed by atoms with Crippen molar-refractivity contribution < 1.29 is 28.4 Å². The average Bonchev–Trinajstić information content (AvgIpc) is 3.16. The molecule has 136 valence electrons. The van der Waals surface area contributed by atoms with Crippen LogP contribution in [0.15, 0.2) is 48.5 Å². The van der Waals surface area contributed by atoms with E-state index in [0.29, 0.717) is 10.8 Å². The number of imide groups is 1. The molecule has 1 saturated heterocycles. The second-order valence-electron chi connectivity index (χ2n) is 6.17. The predicted molar refractivity (Wildman–Crippen MR) is 89.9 cm³/mol. The SMILES string of the molecule is O=C(ON1C(=O)c2ccccc2C1=O)C1CCN(c2ccc(F)cc2)C1=O. The molecule has 0 spiro atoms. The number of rotatable bonds is 3. The highest BCUT2D eigenvalue weighted by Crippen LogP contribution is 2.28. The second kappa shape index (κ2) is 6.31. The van der Waals surface area contributed by atoms with E-state index in [1.165, 1.54) is 41.3 Å². The van der Waals surface area contributed by atoms with Gasteiger partial charge in [0.1, 0.15) is 11.7 Å². The van der Waals surface area contributed by atoms with Crippen LogP contribution in [0.1, 0.15) is 27.1 Å². The van der Waals surface area contributed by atoms with E-state index in [9.17, 15) is 23.6 Å². The van der Waals surface area contributed by atoms with Crippen molar-refractivity contribution in [3.63, 3.8) is 0 Å². The van der Waals surface area contributed by atoms with Crippen molar-refractivity contribution in [3.05, 3.63) is 65.5 Å². The van der Waals surface area contributed by atoms with Gasteiger partial charge in [-0.25, -0.2) is 9.18 Å². The lowest BCUT2D eigenvalue weighted by Crippen LogP contribution is -2.38. The zero-order valence-corrected chi connectivity index (χ0v) is 13.9. The number of hydroxylamine groups is 2. The first-order valence-electron chi connectivity index (χ1n) is 8.24. The number of carbonyl (C=O) groups excluding carboxylic acids is 4. The zero-order chi connectivity index (χ0) is 19.1. The number of carbonyl (C=O) groups is 4. The predicted octanol–water partition coefficient (Wildman–Crippen LogP) is 1.93. The minimum Gasteiger partial charge on any atom is -0.329 e. The van der Waals surface area contributed by atoms with Gasteiger partial charge in [-0.05, 0) is 42.8 Å². The summed E-state index contributed by atoms with van der Waals surface area (Å²) >= 11 is 0. The Morgan fingerprint density at radius 1 is 0.963 bits per heavy atom. The third-order valence-electron chi connectivity index (χ3n) is 4.57. The van der Waals surface area contributed by atoms with E-state index in [0.717, 1.165) is 0 Å². The van der Waals surface area contributed by atoms with Crippen molar-refractivity contribution in [3.8, 4) is 0 Å². The van der Waals surface area contributed by atoms with Crippen molar-refractivity contribution in [2.75, 3.05) is 11.4 Å². The largest absolute Gasteiger partial charge is 0.345 e. The molecule has 8 heteroatoms. The number of nitrogens with zero attached hydrogens (tertiary/aromatic N) is 2. The van der Waals surface area contributed by atoms with Crippen molar-refractivity contribution in [1.29, 1.82) is 0 Å². The summed E-state index contributed by atoms with van der Waals surface area (Å²) in [5.41, 5.74) is 0.736. The minimum absolute atomic E-state index is 0.140. The zero-order valence-electron chi connectivity index (χ0n) is 13.9. The van der Waals surface area contributed by atoms with Crippen LogP contribution in [0.25, 0.3) is 0 Å². The molecule has 2 heterocycles. The van der Waals surface area contributed by atoms with Crippen LogP contribution < -0.4 is 4.90 Å². The summed E-state index contributed by atoms with van der Waals surface area (Å²) in [6.45, 7) is 0.242. The van der Waals surface area contributed by atoms with E-state index in [4.69, 9.17) is 4.84 Å². The fourth-order valence-electron chi connectivity index (χ4n) is 3.18. The highest BCUT2D eigenvalue weighted by Gasteiger charge is 2.44. The van der Waals surface area contributed by atoms with Crippen molar-refractivity contribution in [1.82, 2.24) is 5.06 Å². The van der Waals surface area contributed by atoms with Crippen LogP contribution >= 0.6 is 0 Å². The van der Waals surface area contributed by atoms with Crippen LogP contribution in [0.3, 0.4) is 0 Å². The smallest absolute Gasteiger partial charge is 0.329 e. The Bertz CT molecular complexity index is 937. The lowest BCUT2D eigenvalue weighted by atomic mass is 10.1. The molecule has 1 atom stereocenters. The topological polar surface area (TPSA) is 84.0 Å². The number of amides is 3. The standard InChI is InChI=1S/C19H13FN2O5/c20-11-5-7-12(8-6-11)21-10-9-15(16(21)23)19(26)27-22-17(24)13-3-1-2-4-14(13)18(22)25/h1-8,15H,9-10H2. The first-order valence-corrected chi connectivity index (χ1v) is 8.24. The Labute approximate surface area is 152 Å². The van der Waals surface area contributed by atoms with Gasteiger partial charge >= 0.3 is 5.97 Å². The highest BCUT2D eigenvalue weighted by molar-refractivity contribution is 6.21. The minimum atomic E-state index is -1.14. The molecule has 2 aromatic rings. The molecule has 2 aliphatic heterocycles. The van der Waals surface area contributed by atoms with Crippen molar-refractivity contribution in [2.24, 2.45) is 5.92 Å². The van der Waals surface area contributed by atoms with Crippen molar-refractivity contribution in [2.45, 2.75) is 6.42 Å². The van der Waals surface area contributed by atoms with Gasteiger partial charge in [-0.15, -0.1) is 0 Å². The van der Waals surface area contributed by atoms with Crippen LogP contribution in [0.2, 0.25) is 0 Å². The van der Waals surface area contributed by atoms with Gasteiger partial charge in [-0.2, -0.15) is 0 Å². The fourth-order valence-corrected chi connectivity index (χ4v) is 3.18. The molecular formula is C19H13FN2O5. The number of halogens is 1. The van der Waals surface area contributed by atoms with Gasteiger partial charge in [0.15, 0.2) is 0 Å². The Morgan fingerprint density at radius 2 is 1.56 bits per heavy atom. The summed E-state index contributed by atoms with van der Waals surface area (Å²) < 4.78 is 13.0. The first-order chi connectivity index (χ1) is 13.0. The summed E-state index contributed by atoms with van der Waals surface area (Å²) in [4.78, 5) is 55.8. The summed E-state index contributed by atoms with van der Waals surface area (Å²) in [5.74, 6) is -4.57. The van der Waals surface area contributed by atoms with E-state index in [1.807, 2.05) is 0 Å². The third-order valence-corrected chi connectivity index (χ3v) is 4.57. The average molecular weight is 368 g/mol. The Kier molecular flexibility index (Phi) is 3.95. The molecule has 0 aromatic heterocycles. The Hall–Kier alpha value is -3.55. The number of hydrogen-bond acceptors (Lipinski definition) is 5. The van der Waals surface area contributed by atoms with E-state index in [1.54, 1.807) is 12.1 Å². The quantitative estimate of drug-likeness (QED) is 0.611. The molecule has 0 N–H and O–H groups in total. The lowest BCUT2D eigenvalue weighted by Gasteiger charge is -2.17. The van der Waals surface area contributed by atoms with Gasteiger partial charge in [-0.3, -0.25) is 14.4 Å². The molecule has 1 unspecified atom stereocenters. The third kappa shape index (κ3) is 2.75. The first kappa shape index (κ1) is 16.9. The van der Waals surface area contributed by atoms with Crippen LogP contribution in [0.4, 0.5) is 10.1 Å². The molecule has 0 radical (unpaired) electrons. The summed E-state index contributed by atoms with van der Waals surface area (Å²) in [7, 11) is 0. The van der Waals surface area contributed by atoms with E-state index >= 15 is 0 Å². The van der Waals surface area contributed by atoms with E-state index in [2.05, 4.69) is 0 Å². The van der Waals surface area contributed by atoms with Crippen LogP contribution in [-0.4, -0.2) is 35.3 Å². The maximum atomic E-state index is 13.0. The molecule has 7 nitrogen and oxygen atoms in total. The molecule has 0 saturated carbocycles. The molecule has 2 aliphatic rings. The molecule has 0 aliphatic carbocycles. The van der Waals surface area contributed by atoms with Gasteiger partial charge in [-0.1, -0.05) is 17.2 Å². The van der Waals surface area contributed by atoms with Gasteiger partial charge in [0.2, 0.25) is 5.91 Å². The summed E-state index contributed by atoms with van der Waals surface area (Å²) in [6, 6.07) is 11.4. The monoisotopic (exact) mass is 368 g/mol. The van der Waals surface area contributed by atoms with Crippen LogP contribution in [-0.2, 0) is 14.4 Å². The number of benzene rings is 2. The molecule has 2 aromatic carbocycles. The molecular weight excluding hydrogens is 355 g/mol. The Morgan fingerprint density at radius 3 is 2.15 bits per heavy atom. The van der Waals surface area contributed by atoms with Crippen molar-refractivity contribution >= 4 is 29.4 Å². The molecule has 3 amide bonds. The van der Waals surface area contributed by atoms with Gasteiger partial charge in [0.25, 0.3) is 11.8 Å². The van der Waals surface area contributed by atoms with Crippen LogP contribution in [0.5, 0.6) is 0 Å². The van der Waals surface area contributed by atoms with Gasteiger partial charge < -0.3 is 9.74 Å². The second-order valence-corrected chi connectivity index (χ2v) is 6.17. The molecule has 4 rings (SSSR count). The molecule has 27 heavy (non-hydrogen) atoms. The number of anilines is 1. The number of hydrogen-bond donors (Lipinski definition) is 0. The summed E-state index contributed by atoms with van der Waals surface area (Å²) in [6.07, 6.45) is 0.165. The maximum absolute atomic E-state index is 13.0. The highest BCUT2D eigenvalue weighted by atomic mass is 19.1. The van der Waals surface area contributed by atoms with Gasteiger partial charge in [0.05, 0.1) is 11.1 Å². The molecule has 0 bridgehead atoms. The van der Waals surface area contributed by atoms with Gasteiger partial charge in [0, 0.05) is 12.2 Å². The number of fused-ring (bicyclic) bond motifs is 1. The maximum Gasteiger partial charge on any atom is 0.345 e. The lowest BCUT2D eigenvalue weighted by molar-refractivity contribution is -0.174. The normalized spacial score (nSPS) is 18.9. The molecule has 1 fully saturated rings. The van der Waals surface area contributed by atoms with Crippen LogP contribution in [0, 0.1) is 11.7 Å². The summed E-state index contributed by atoms with van der Waals surface area (Å²) in [5, 5.41) is 0.390. The Balaban J connectivity index is 1.48. The van der Waals surface area contributed by atoms with E-state index in [-0.39, 0.29) is 24.1 Å².